The number of fused-ring (bicyclic) bond motifs is 1. The van der Waals surface area contributed by atoms with Gasteiger partial charge in [-0.15, -0.1) is 0 Å². The van der Waals surface area contributed by atoms with E-state index in [0.717, 1.165) is 29.7 Å². The molecule has 1 atom stereocenters. The molecule has 0 unspecified atom stereocenters. The third-order valence-corrected chi connectivity index (χ3v) is 4.66. The number of aliphatic hydroxyl groups is 1. The second kappa shape index (κ2) is 7.93. The Kier molecular flexibility index (Phi) is 5.21. The van der Waals surface area contributed by atoms with Crippen molar-refractivity contribution in [2.45, 2.75) is 38.6 Å². The molecule has 0 bridgehead atoms. The van der Waals surface area contributed by atoms with E-state index in [2.05, 4.69) is 15.5 Å². The molecule has 1 fully saturated rings. The highest BCUT2D eigenvalue weighted by Crippen LogP contribution is 2.27. The summed E-state index contributed by atoms with van der Waals surface area (Å²) >= 11 is 0. The van der Waals surface area contributed by atoms with Crippen LogP contribution in [0.3, 0.4) is 0 Å². The Morgan fingerprint density at radius 3 is 3.11 bits per heavy atom. The highest BCUT2D eigenvalue weighted by Gasteiger charge is 2.24. The molecule has 3 heterocycles. The summed E-state index contributed by atoms with van der Waals surface area (Å²) in [6, 6.07) is 5.27. The number of aliphatic hydroxyl groups excluding tert-OH is 1. The number of urea groups is 1. The van der Waals surface area contributed by atoms with E-state index in [1.807, 2.05) is 18.2 Å². The van der Waals surface area contributed by atoms with Crippen molar-refractivity contribution >= 4 is 6.03 Å². The van der Waals surface area contributed by atoms with Crippen LogP contribution < -0.4 is 10.1 Å². The topological polar surface area (TPSA) is 110 Å². The van der Waals surface area contributed by atoms with Crippen molar-refractivity contribution in [1.29, 1.82) is 0 Å². The summed E-state index contributed by atoms with van der Waals surface area (Å²) in [5.74, 6) is 1.62. The Morgan fingerprint density at radius 1 is 1.37 bits per heavy atom. The fourth-order valence-electron chi connectivity index (χ4n) is 3.23. The maximum Gasteiger partial charge on any atom is 0.318 e. The summed E-state index contributed by atoms with van der Waals surface area (Å²) in [7, 11) is 0. The number of amides is 2. The Labute approximate surface area is 156 Å². The lowest BCUT2D eigenvalue weighted by atomic mass is 10.1. The Hall–Kier alpha value is -2.65. The molecule has 27 heavy (non-hydrogen) atoms. The standard InChI is InChI=1S/C18H22N4O5/c23-11-12-3-4-14-13(8-12)10-22(5-7-26-14)18(24)19-9-16-20-17(27-21-16)15-2-1-6-25-15/h3-4,8,15,23H,1-2,5-7,9-11H2,(H,19,24)/t15-/m0/s1. The average molecular weight is 374 g/mol. The zero-order valence-electron chi connectivity index (χ0n) is 14.9. The van der Waals surface area contributed by atoms with E-state index in [1.54, 1.807) is 4.90 Å². The quantitative estimate of drug-likeness (QED) is 0.835. The van der Waals surface area contributed by atoms with E-state index in [9.17, 15) is 9.90 Å². The number of hydrogen-bond acceptors (Lipinski definition) is 7. The molecule has 144 valence electrons. The molecule has 9 heteroatoms. The molecule has 2 amide bonds. The molecular formula is C18H22N4O5. The van der Waals surface area contributed by atoms with Gasteiger partial charge >= 0.3 is 6.03 Å². The molecule has 9 nitrogen and oxygen atoms in total. The molecule has 0 radical (unpaired) electrons. The Balaban J connectivity index is 1.36. The predicted molar refractivity (Wildman–Crippen MR) is 92.7 cm³/mol. The number of nitrogens with one attached hydrogen (secondary N) is 1. The molecule has 1 aromatic carbocycles. The number of rotatable bonds is 4. The second-order valence-electron chi connectivity index (χ2n) is 6.58. The molecule has 2 aliphatic heterocycles. The van der Waals surface area contributed by atoms with Crippen LogP contribution in [0.1, 0.15) is 41.8 Å². The average Bonchev–Trinajstić information content (AvgIpc) is 3.33. The maximum absolute atomic E-state index is 12.6. The normalized spacial score (nSPS) is 19.3. The highest BCUT2D eigenvalue weighted by atomic mass is 16.5. The van der Waals surface area contributed by atoms with Crippen molar-refractivity contribution in [3.05, 3.63) is 41.0 Å². The lowest BCUT2D eigenvalue weighted by Crippen LogP contribution is -2.40. The molecule has 2 N–H and O–H groups in total. The van der Waals surface area contributed by atoms with Gasteiger partial charge in [0.15, 0.2) is 5.82 Å². The van der Waals surface area contributed by atoms with Crippen molar-refractivity contribution < 1.29 is 23.9 Å². The van der Waals surface area contributed by atoms with Gasteiger partial charge in [0.05, 0.1) is 26.2 Å². The van der Waals surface area contributed by atoms with Gasteiger partial charge in [-0.05, 0) is 30.5 Å². The number of carbonyl (C=O) groups excluding carboxylic acids is 1. The van der Waals surface area contributed by atoms with Crippen molar-refractivity contribution in [2.24, 2.45) is 0 Å². The molecule has 1 aromatic heterocycles. The zero-order chi connectivity index (χ0) is 18.6. The minimum Gasteiger partial charge on any atom is -0.491 e. The van der Waals surface area contributed by atoms with Crippen LogP contribution in [-0.4, -0.2) is 45.9 Å². The zero-order valence-corrected chi connectivity index (χ0v) is 14.9. The minimum atomic E-state index is -0.232. The summed E-state index contributed by atoms with van der Waals surface area (Å²) in [6.45, 7) is 2.10. The molecule has 0 saturated carbocycles. The van der Waals surface area contributed by atoms with E-state index in [4.69, 9.17) is 14.0 Å². The lowest BCUT2D eigenvalue weighted by molar-refractivity contribution is 0.0835. The molecular weight excluding hydrogens is 352 g/mol. The van der Waals surface area contributed by atoms with Crippen LogP contribution in [0.25, 0.3) is 0 Å². The highest BCUT2D eigenvalue weighted by molar-refractivity contribution is 5.74. The fourth-order valence-corrected chi connectivity index (χ4v) is 3.23. The van der Waals surface area contributed by atoms with Gasteiger partial charge in [-0.25, -0.2) is 4.79 Å². The van der Waals surface area contributed by atoms with Gasteiger partial charge in [-0.3, -0.25) is 0 Å². The van der Waals surface area contributed by atoms with Crippen molar-refractivity contribution in [3.63, 3.8) is 0 Å². The summed E-state index contributed by atoms with van der Waals surface area (Å²) in [5.41, 5.74) is 1.66. The largest absolute Gasteiger partial charge is 0.491 e. The molecule has 4 rings (SSSR count). The molecule has 0 spiro atoms. The van der Waals surface area contributed by atoms with Gasteiger partial charge in [0, 0.05) is 12.2 Å². The van der Waals surface area contributed by atoms with Crippen LogP contribution in [0.15, 0.2) is 22.7 Å². The maximum atomic E-state index is 12.6. The van der Waals surface area contributed by atoms with Crippen molar-refractivity contribution in [3.8, 4) is 5.75 Å². The van der Waals surface area contributed by atoms with E-state index in [0.29, 0.717) is 38.0 Å². The van der Waals surface area contributed by atoms with Crippen molar-refractivity contribution in [2.75, 3.05) is 19.8 Å². The van der Waals surface area contributed by atoms with E-state index < -0.39 is 0 Å². The first-order chi connectivity index (χ1) is 13.2. The number of nitrogens with zero attached hydrogens (tertiary/aromatic N) is 3. The first-order valence-electron chi connectivity index (χ1n) is 9.05. The lowest BCUT2D eigenvalue weighted by Gasteiger charge is -2.20. The van der Waals surface area contributed by atoms with Crippen LogP contribution in [0, 0.1) is 0 Å². The first-order valence-corrected chi connectivity index (χ1v) is 9.05. The van der Waals surface area contributed by atoms with E-state index in [-0.39, 0.29) is 25.3 Å². The van der Waals surface area contributed by atoms with Crippen LogP contribution in [0.5, 0.6) is 5.75 Å². The fraction of sp³-hybridized carbons (Fsp3) is 0.500. The van der Waals surface area contributed by atoms with Gasteiger partial charge in [-0.2, -0.15) is 4.98 Å². The number of ether oxygens (including phenoxy) is 2. The molecule has 2 aliphatic rings. The van der Waals surface area contributed by atoms with Crippen molar-refractivity contribution in [1.82, 2.24) is 20.4 Å². The second-order valence-corrected chi connectivity index (χ2v) is 6.58. The van der Waals surface area contributed by atoms with Gasteiger partial charge in [0.25, 0.3) is 5.89 Å². The van der Waals surface area contributed by atoms with E-state index >= 15 is 0 Å². The van der Waals surface area contributed by atoms with Gasteiger partial charge in [-0.1, -0.05) is 11.2 Å². The third-order valence-electron chi connectivity index (χ3n) is 4.66. The third kappa shape index (κ3) is 4.04. The number of benzene rings is 1. The van der Waals surface area contributed by atoms with Crippen LogP contribution >= 0.6 is 0 Å². The monoisotopic (exact) mass is 374 g/mol. The van der Waals surface area contributed by atoms with Gasteiger partial charge in [0.2, 0.25) is 0 Å². The Bertz CT molecular complexity index is 803. The van der Waals surface area contributed by atoms with E-state index in [1.165, 1.54) is 0 Å². The molecule has 1 saturated heterocycles. The van der Waals surface area contributed by atoms with Gasteiger partial charge < -0.3 is 29.3 Å². The summed E-state index contributed by atoms with van der Waals surface area (Å²) in [4.78, 5) is 18.5. The number of aromatic nitrogens is 2. The number of carbonyl (C=O) groups is 1. The Morgan fingerprint density at radius 2 is 2.30 bits per heavy atom. The minimum absolute atomic E-state index is 0.0512. The summed E-state index contributed by atoms with van der Waals surface area (Å²) in [6.07, 6.45) is 1.72. The first kappa shape index (κ1) is 17.7. The smallest absolute Gasteiger partial charge is 0.318 e. The van der Waals surface area contributed by atoms with Crippen LogP contribution in [-0.2, 0) is 24.4 Å². The number of hydrogen-bond donors (Lipinski definition) is 2. The predicted octanol–water partition coefficient (Wildman–Crippen LogP) is 1.52. The summed E-state index contributed by atoms with van der Waals surface area (Å²) in [5, 5.41) is 16.0. The van der Waals surface area contributed by atoms with Gasteiger partial charge in [0.1, 0.15) is 18.5 Å². The van der Waals surface area contributed by atoms with Crippen LogP contribution in [0.2, 0.25) is 0 Å². The molecule has 2 aromatic rings. The SMILES string of the molecule is O=C(NCc1noc([C@@H]2CCCO2)n1)N1CCOc2ccc(CO)cc2C1. The summed E-state index contributed by atoms with van der Waals surface area (Å²) < 4.78 is 16.4. The van der Waals surface area contributed by atoms with Crippen LogP contribution in [0.4, 0.5) is 4.79 Å². The molecule has 0 aliphatic carbocycles.